The van der Waals surface area contributed by atoms with E-state index in [9.17, 15) is 0 Å². The largest absolute Gasteiger partial charge is 0.368 e. The lowest BCUT2D eigenvalue weighted by Crippen LogP contribution is -2.28. The van der Waals surface area contributed by atoms with Crippen molar-refractivity contribution in [3.8, 4) is 0 Å². The van der Waals surface area contributed by atoms with E-state index in [-0.39, 0.29) is 0 Å². The third kappa shape index (κ3) is 2.29. The van der Waals surface area contributed by atoms with Crippen molar-refractivity contribution < 1.29 is 0 Å². The number of anilines is 1. The van der Waals surface area contributed by atoms with Gasteiger partial charge in [0.05, 0.1) is 0 Å². The molecule has 1 aliphatic rings. The Morgan fingerprint density at radius 2 is 2.12 bits per heavy atom. The van der Waals surface area contributed by atoms with Crippen LogP contribution in [0.25, 0.3) is 0 Å². The van der Waals surface area contributed by atoms with Crippen molar-refractivity contribution in [1.82, 2.24) is 4.98 Å². The first-order chi connectivity index (χ1) is 8.02. The minimum atomic E-state index is 0.575. The fraction of sp³-hybridized carbons (Fsp3) is 0.643. The Morgan fingerprint density at radius 1 is 1.41 bits per heavy atom. The van der Waals surface area contributed by atoms with Crippen LogP contribution in [0.4, 0.5) is 5.69 Å². The highest BCUT2D eigenvalue weighted by Crippen LogP contribution is 2.32. The van der Waals surface area contributed by atoms with Crippen molar-refractivity contribution in [2.75, 3.05) is 11.4 Å². The van der Waals surface area contributed by atoms with Gasteiger partial charge in [-0.3, -0.25) is 4.98 Å². The molecule has 1 fully saturated rings. The van der Waals surface area contributed by atoms with Gasteiger partial charge in [0.1, 0.15) is 0 Å². The number of nitrogens with two attached hydrogens (primary N) is 1. The fourth-order valence-electron chi connectivity index (χ4n) is 2.98. The molecule has 2 heterocycles. The van der Waals surface area contributed by atoms with Crippen molar-refractivity contribution >= 4 is 5.69 Å². The quantitative estimate of drug-likeness (QED) is 0.853. The van der Waals surface area contributed by atoms with Gasteiger partial charge in [-0.2, -0.15) is 0 Å². The van der Waals surface area contributed by atoms with Crippen LogP contribution in [-0.2, 0) is 6.54 Å². The Morgan fingerprint density at radius 3 is 2.65 bits per heavy atom. The van der Waals surface area contributed by atoms with Gasteiger partial charge in [0.2, 0.25) is 0 Å². The van der Waals surface area contributed by atoms with Gasteiger partial charge in [0, 0.05) is 41.8 Å². The van der Waals surface area contributed by atoms with Gasteiger partial charge in [0.25, 0.3) is 0 Å². The smallest absolute Gasteiger partial charge is 0.0450 e. The fourth-order valence-corrected chi connectivity index (χ4v) is 2.98. The maximum Gasteiger partial charge on any atom is 0.0450 e. The van der Waals surface area contributed by atoms with Crippen molar-refractivity contribution in [2.24, 2.45) is 11.7 Å². The van der Waals surface area contributed by atoms with Crippen LogP contribution in [0.2, 0.25) is 0 Å². The summed E-state index contributed by atoms with van der Waals surface area (Å²) in [5.74, 6) is 0.768. The predicted octanol–water partition coefficient (Wildman–Crippen LogP) is 2.39. The second kappa shape index (κ2) is 4.65. The Labute approximate surface area is 104 Å². The summed E-state index contributed by atoms with van der Waals surface area (Å²) in [5.41, 5.74) is 10.6. The van der Waals surface area contributed by atoms with E-state index in [2.05, 4.69) is 43.6 Å². The van der Waals surface area contributed by atoms with E-state index >= 15 is 0 Å². The van der Waals surface area contributed by atoms with Crippen molar-refractivity contribution in [3.63, 3.8) is 0 Å². The summed E-state index contributed by atoms with van der Waals surface area (Å²) in [7, 11) is 0. The van der Waals surface area contributed by atoms with Crippen molar-refractivity contribution in [3.05, 3.63) is 23.0 Å². The number of hydrogen-bond acceptors (Lipinski definition) is 3. The molecule has 0 amide bonds. The number of pyridine rings is 1. The molecule has 3 nitrogen and oxygen atoms in total. The van der Waals surface area contributed by atoms with Gasteiger partial charge < -0.3 is 10.6 Å². The van der Waals surface area contributed by atoms with E-state index in [1.54, 1.807) is 0 Å². The average Bonchev–Trinajstić information content (AvgIpc) is 2.56. The topological polar surface area (TPSA) is 42.1 Å². The third-order valence-corrected chi connectivity index (χ3v) is 3.73. The van der Waals surface area contributed by atoms with Crippen LogP contribution in [0.15, 0.2) is 6.07 Å². The zero-order valence-corrected chi connectivity index (χ0v) is 11.3. The van der Waals surface area contributed by atoms with Gasteiger partial charge in [-0.1, -0.05) is 6.92 Å². The molecule has 1 saturated heterocycles. The molecule has 2 unspecified atom stereocenters. The molecule has 0 bridgehead atoms. The normalized spacial score (nSPS) is 24.4. The number of nitrogens with zero attached hydrogens (tertiary/aromatic N) is 2. The molecule has 17 heavy (non-hydrogen) atoms. The second-order valence-corrected chi connectivity index (χ2v) is 5.39. The van der Waals surface area contributed by atoms with Crippen molar-refractivity contribution in [1.29, 1.82) is 0 Å². The summed E-state index contributed by atoms with van der Waals surface area (Å²) in [6, 6.07) is 2.79. The van der Waals surface area contributed by atoms with Crippen molar-refractivity contribution in [2.45, 2.75) is 46.7 Å². The summed E-state index contributed by atoms with van der Waals surface area (Å²) in [6.07, 6.45) is 1.27. The second-order valence-electron chi connectivity index (χ2n) is 5.39. The van der Waals surface area contributed by atoms with E-state index in [1.807, 2.05) is 0 Å². The highest BCUT2D eigenvalue weighted by Gasteiger charge is 2.28. The molecule has 3 heteroatoms. The summed E-state index contributed by atoms with van der Waals surface area (Å²) in [5, 5.41) is 0. The maximum atomic E-state index is 5.88. The maximum absolute atomic E-state index is 5.88. The molecule has 2 rings (SSSR count). The van der Waals surface area contributed by atoms with Gasteiger partial charge in [-0.25, -0.2) is 0 Å². The highest BCUT2D eigenvalue weighted by molar-refractivity contribution is 5.57. The lowest BCUT2D eigenvalue weighted by Gasteiger charge is -2.27. The first-order valence-corrected chi connectivity index (χ1v) is 6.46. The molecule has 94 valence electrons. The molecule has 2 atom stereocenters. The van der Waals surface area contributed by atoms with Gasteiger partial charge in [-0.15, -0.1) is 0 Å². The average molecular weight is 233 g/mol. The zero-order valence-electron chi connectivity index (χ0n) is 11.3. The van der Waals surface area contributed by atoms with E-state index in [0.717, 1.165) is 23.9 Å². The summed E-state index contributed by atoms with van der Waals surface area (Å²) >= 11 is 0. The third-order valence-electron chi connectivity index (χ3n) is 3.73. The zero-order chi connectivity index (χ0) is 12.6. The summed E-state index contributed by atoms with van der Waals surface area (Å²) in [6.45, 7) is 10.4. The van der Waals surface area contributed by atoms with E-state index in [1.165, 1.54) is 17.7 Å². The van der Waals surface area contributed by atoms with Crippen LogP contribution in [-0.4, -0.2) is 17.6 Å². The standard InChI is InChI=1S/C14H23N3/c1-9-5-11(3)17(8-9)14-6-10(2)16-12(4)13(14)7-15/h6,9,11H,5,7-8,15H2,1-4H3. The van der Waals surface area contributed by atoms with Gasteiger partial charge >= 0.3 is 0 Å². The summed E-state index contributed by atoms with van der Waals surface area (Å²) < 4.78 is 0. The first kappa shape index (κ1) is 12.4. The number of hydrogen-bond donors (Lipinski definition) is 1. The molecule has 0 saturated carbocycles. The highest BCUT2D eigenvalue weighted by atomic mass is 15.2. The van der Waals surface area contributed by atoms with E-state index in [4.69, 9.17) is 5.73 Å². The van der Waals surface area contributed by atoms with E-state index < -0.39 is 0 Å². The minimum absolute atomic E-state index is 0.575. The van der Waals surface area contributed by atoms with Gasteiger partial charge in [0.15, 0.2) is 0 Å². The predicted molar refractivity (Wildman–Crippen MR) is 72.2 cm³/mol. The molecule has 0 aliphatic carbocycles. The SMILES string of the molecule is Cc1cc(N2CC(C)CC2C)c(CN)c(C)n1. The van der Waals surface area contributed by atoms with Crippen LogP contribution in [0.5, 0.6) is 0 Å². The van der Waals surface area contributed by atoms with Crippen LogP contribution in [0.3, 0.4) is 0 Å². The molecule has 0 aromatic carbocycles. The molecule has 0 spiro atoms. The lowest BCUT2D eigenvalue weighted by atomic mass is 10.1. The molecular formula is C14H23N3. The van der Waals surface area contributed by atoms with Crippen LogP contribution >= 0.6 is 0 Å². The molecule has 1 aliphatic heterocycles. The van der Waals surface area contributed by atoms with Crippen LogP contribution < -0.4 is 10.6 Å². The van der Waals surface area contributed by atoms with Crippen LogP contribution in [0, 0.1) is 19.8 Å². The Balaban J connectivity index is 2.43. The molecular weight excluding hydrogens is 210 g/mol. The molecule has 0 radical (unpaired) electrons. The Bertz CT molecular complexity index is 414. The Kier molecular flexibility index (Phi) is 3.38. The lowest BCUT2D eigenvalue weighted by molar-refractivity contribution is 0.625. The number of aromatic nitrogens is 1. The molecule has 1 aromatic rings. The Hall–Kier alpha value is -1.09. The molecule has 1 aromatic heterocycles. The van der Waals surface area contributed by atoms with Gasteiger partial charge in [-0.05, 0) is 39.2 Å². The minimum Gasteiger partial charge on any atom is -0.368 e. The number of aryl methyl sites for hydroxylation is 2. The first-order valence-electron chi connectivity index (χ1n) is 6.46. The molecule has 2 N–H and O–H groups in total. The monoisotopic (exact) mass is 233 g/mol. The number of rotatable bonds is 2. The summed E-state index contributed by atoms with van der Waals surface area (Å²) in [4.78, 5) is 7.01. The van der Waals surface area contributed by atoms with Crippen LogP contribution in [0.1, 0.15) is 37.2 Å². The van der Waals surface area contributed by atoms with E-state index in [0.29, 0.717) is 12.6 Å².